The van der Waals surface area contributed by atoms with Crippen LogP contribution in [0.3, 0.4) is 0 Å². The Morgan fingerprint density at radius 2 is 2.00 bits per heavy atom. The van der Waals surface area contributed by atoms with Crippen LogP contribution in [-0.2, 0) is 0 Å². The molecule has 3 aromatic heterocycles. The van der Waals surface area contributed by atoms with Gasteiger partial charge in [-0.15, -0.1) is 0 Å². The Labute approximate surface area is 98.7 Å². The molecule has 0 saturated heterocycles. The van der Waals surface area contributed by atoms with E-state index in [-0.39, 0.29) is 0 Å². The van der Waals surface area contributed by atoms with Gasteiger partial charge < -0.3 is 10.2 Å². The van der Waals surface area contributed by atoms with Gasteiger partial charge in [0.15, 0.2) is 5.76 Å². The zero-order chi connectivity index (χ0) is 12.0. The predicted molar refractivity (Wildman–Crippen MR) is 66.8 cm³/mol. The summed E-state index contributed by atoms with van der Waals surface area (Å²) in [6.45, 7) is 3.93. The Morgan fingerprint density at radius 3 is 2.71 bits per heavy atom. The van der Waals surface area contributed by atoms with Gasteiger partial charge in [-0.1, -0.05) is 6.07 Å². The molecule has 0 aliphatic carbocycles. The lowest BCUT2D eigenvalue weighted by atomic mass is 10.3. The van der Waals surface area contributed by atoms with Crippen molar-refractivity contribution in [2.24, 2.45) is 0 Å². The first-order valence-electron chi connectivity index (χ1n) is 5.46. The first-order valence-corrected chi connectivity index (χ1v) is 5.46. The lowest BCUT2D eigenvalue weighted by Gasteiger charge is -1.97. The number of hydrogen-bond acceptors (Lipinski definition) is 3. The molecule has 0 saturated carbocycles. The number of rotatable bonds is 1. The second-order valence-electron chi connectivity index (χ2n) is 4.19. The molecule has 4 nitrogen and oxygen atoms in total. The highest BCUT2D eigenvalue weighted by atomic mass is 16.3. The van der Waals surface area contributed by atoms with Gasteiger partial charge in [0.25, 0.3) is 0 Å². The maximum atomic E-state index is 6.09. The molecule has 3 aromatic rings. The van der Waals surface area contributed by atoms with Gasteiger partial charge in [-0.3, -0.25) is 4.40 Å². The third kappa shape index (κ3) is 1.49. The van der Waals surface area contributed by atoms with E-state index in [4.69, 9.17) is 10.2 Å². The van der Waals surface area contributed by atoms with Crippen LogP contribution in [0.4, 0.5) is 5.82 Å². The highest BCUT2D eigenvalue weighted by Gasteiger charge is 2.13. The lowest BCUT2D eigenvalue weighted by Crippen LogP contribution is -1.94. The van der Waals surface area contributed by atoms with Crippen molar-refractivity contribution in [2.75, 3.05) is 5.73 Å². The molecule has 0 bridgehead atoms. The van der Waals surface area contributed by atoms with Gasteiger partial charge in [0.1, 0.15) is 22.9 Å². The van der Waals surface area contributed by atoms with Crippen LogP contribution in [0.1, 0.15) is 11.3 Å². The van der Waals surface area contributed by atoms with E-state index in [0.717, 1.165) is 17.0 Å². The van der Waals surface area contributed by atoms with Gasteiger partial charge in [0.2, 0.25) is 0 Å². The Morgan fingerprint density at radius 1 is 1.18 bits per heavy atom. The molecule has 4 heteroatoms. The van der Waals surface area contributed by atoms with Gasteiger partial charge in [-0.05, 0) is 37.6 Å². The molecule has 86 valence electrons. The van der Waals surface area contributed by atoms with Crippen molar-refractivity contribution in [3.05, 3.63) is 41.8 Å². The second kappa shape index (κ2) is 3.38. The third-order valence-electron chi connectivity index (χ3n) is 2.78. The topological polar surface area (TPSA) is 56.5 Å². The highest BCUT2D eigenvalue weighted by Crippen LogP contribution is 2.27. The van der Waals surface area contributed by atoms with Crippen molar-refractivity contribution >= 4 is 11.5 Å². The van der Waals surface area contributed by atoms with Crippen LogP contribution < -0.4 is 5.73 Å². The minimum atomic E-state index is 0.609. The van der Waals surface area contributed by atoms with E-state index in [9.17, 15) is 0 Å². The summed E-state index contributed by atoms with van der Waals surface area (Å²) < 4.78 is 7.43. The largest absolute Gasteiger partial charge is 0.460 e. The number of aryl methyl sites for hydroxylation is 2. The fourth-order valence-corrected chi connectivity index (χ4v) is 1.91. The van der Waals surface area contributed by atoms with Gasteiger partial charge in [-0.25, -0.2) is 4.98 Å². The number of nitrogens with two attached hydrogens (primary N) is 1. The van der Waals surface area contributed by atoms with E-state index in [0.29, 0.717) is 17.3 Å². The van der Waals surface area contributed by atoms with Crippen molar-refractivity contribution in [2.45, 2.75) is 13.8 Å². The van der Waals surface area contributed by atoms with E-state index in [2.05, 4.69) is 4.98 Å². The Bertz CT molecular complexity index is 694. The van der Waals surface area contributed by atoms with E-state index >= 15 is 0 Å². The van der Waals surface area contributed by atoms with Gasteiger partial charge >= 0.3 is 0 Å². The fraction of sp³-hybridized carbons (Fsp3) is 0.154. The average molecular weight is 227 g/mol. The molecule has 0 aromatic carbocycles. The van der Waals surface area contributed by atoms with Crippen LogP contribution in [0.5, 0.6) is 0 Å². The molecule has 2 N–H and O–H groups in total. The Hall–Kier alpha value is -2.23. The zero-order valence-corrected chi connectivity index (χ0v) is 9.77. The first kappa shape index (κ1) is 9.96. The molecule has 0 amide bonds. The van der Waals surface area contributed by atoms with Crippen molar-refractivity contribution in [1.29, 1.82) is 0 Å². The lowest BCUT2D eigenvalue weighted by molar-refractivity contribution is 0.547. The quantitative estimate of drug-likeness (QED) is 0.695. The first-order chi connectivity index (χ1) is 8.15. The number of nitrogens with zero attached hydrogens (tertiary/aromatic N) is 2. The summed E-state index contributed by atoms with van der Waals surface area (Å²) in [5.41, 5.74) is 8.76. The van der Waals surface area contributed by atoms with Gasteiger partial charge in [0, 0.05) is 6.20 Å². The summed E-state index contributed by atoms with van der Waals surface area (Å²) in [7, 11) is 0. The van der Waals surface area contributed by atoms with Crippen molar-refractivity contribution in [1.82, 2.24) is 9.38 Å². The van der Waals surface area contributed by atoms with Crippen LogP contribution in [-0.4, -0.2) is 9.38 Å². The summed E-state index contributed by atoms with van der Waals surface area (Å²) >= 11 is 0. The molecule has 0 aliphatic rings. The number of anilines is 1. The molecule has 0 unspecified atom stereocenters. The SMILES string of the molecule is Cc1ccc2nc(-c3ccc(C)o3)c(N)n2c1. The summed E-state index contributed by atoms with van der Waals surface area (Å²) in [5, 5.41) is 0. The summed E-state index contributed by atoms with van der Waals surface area (Å²) in [6, 6.07) is 7.76. The third-order valence-corrected chi connectivity index (χ3v) is 2.78. The number of fused-ring (bicyclic) bond motifs is 1. The number of hydrogen-bond donors (Lipinski definition) is 1. The summed E-state index contributed by atoms with van der Waals surface area (Å²) in [6.07, 6.45) is 1.97. The number of imidazole rings is 1. The van der Waals surface area contributed by atoms with E-state index in [1.807, 2.05) is 48.7 Å². The van der Waals surface area contributed by atoms with Crippen LogP contribution in [0.15, 0.2) is 34.9 Å². The van der Waals surface area contributed by atoms with Crippen molar-refractivity contribution in [3.8, 4) is 11.5 Å². The molecular weight excluding hydrogens is 214 g/mol. The van der Waals surface area contributed by atoms with Crippen molar-refractivity contribution < 1.29 is 4.42 Å². The average Bonchev–Trinajstić information content (AvgIpc) is 2.84. The molecular formula is C13H13N3O. The summed E-state index contributed by atoms with van der Waals surface area (Å²) in [4.78, 5) is 4.48. The van der Waals surface area contributed by atoms with Crippen LogP contribution in [0.2, 0.25) is 0 Å². The normalized spacial score (nSPS) is 11.2. The molecule has 0 radical (unpaired) electrons. The maximum Gasteiger partial charge on any atom is 0.156 e. The zero-order valence-electron chi connectivity index (χ0n) is 9.77. The molecule has 3 heterocycles. The highest BCUT2D eigenvalue weighted by molar-refractivity contribution is 5.71. The van der Waals surface area contributed by atoms with E-state index < -0.39 is 0 Å². The van der Waals surface area contributed by atoms with Crippen LogP contribution in [0.25, 0.3) is 17.1 Å². The number of aromatic nitrogens is 2. The smallest absolute Gasteiger partial charge is 0.156 e. The monoisotopic (exact) mass is 227 g/mol. The minimum absolute atomic E-state index is 0.609. The second-order valence-corrected chi connectivity index (χ2v) is 4.19. The number of nitrogen functional groups attached to an aromatic ring is 1. The fourth-order valence-electron chi connectivity index (χ4n) is 1.91. The molecule has 0 aliphatic heterocycles. The Balaban J connectivity index is 2.27. The Kier molecular flexibility index (Phi) is 1.98. The molecule has 3 rings (SSSR count). The molecule has 0 fully saturated rings. The van der Waals surface area contributed by atoms with Crippen molar-refractivity contribution in [3.63, 3.8) is 0 Å². The van der Waals surface area contributed by atoms with Crippen LogP contribution in [0, 0.1) is 13.8 Å². The number of pyridine rings is 1. The summed E-state index contributed by atoms with van der Waals surface area (Å²) in [5.74, 6) is 2.17. The van der Waals surface area contributed by atoms with E-state index in [1.54, 1.807) is 0 Å². The van der Waals surface area contributed by atoms with Crippen LogP contribution >= 0.6 is 0 Å². The minimum Gasteiger partial charge on any atom is -0.460 e. The molecule has 0 spiro atoms. The maximum absolute atomic E-state index is 6.09. The van der Waals surface area contributed by atoms with Gasteiger partial charge in [-0.2, -0.15) is 0 Å². The predicted octanol–water partition coefficient (Wildman–Crippen LogP) is 2.79. The number of furan rings is 1. The van der Waals surface area contributed by atoms with E-state index in [1.165, 1.54) is 0 Å². The molecule has 17 heavy (non-hydrogen) atoms. The standard InChI is InChI=1S/C13H13N3O/c1-8-3-6-11-15-12(13(14)16(11)7-8)10-5-4-9(2)17-10/h3-7H,14H2,1-2H3. The molecule has 0 atom stereocenters. The van der Waals surface area contributed by atoms with Gasteiger partial charge in [0.05, 0.1) is 0 Å².